The first-order chi connectivity index (χ1) is 6.66. The zero-order valence-corrected chi connectivity index (χ0v) is 7.48. The smallest absolute Gasteiger partial charge is 0.308 e. The standard InChI is InChI=1S/C10H8O4/c1-6(11)14-7-2-3-8-9(12)5-13-10(8)4-7/h2-5,12H,1H3. The number of benzene rings is 1. The van der Waals surface area contributed by atoms with Gasteiger partial charge in [0.25, 0.3) is 0 Å². The molecule has 0 unspecified atom stereocenters. The molecule has 0 aliphatic heterocycles. The Balaban J connectivity index is 2.46. The molecule has 1 aromatic carbocycles. The van der Waals surface area contributed by atoms with E-state index in [1.165, 1.54) is 13.2 Å². The van der Waals surface area contributed by atoms with Gasteiger partial charge in [-0.2, -0.15) is 0 Å². The van der Waals surface area contributed by atoms with Crippen LogP contribution in [-0.2, 0) is 4.79 Å². The van der Waals surface area contributed by atoms with Crippen molar-refractivity contribution in [3.63, 3.8) is 0 Å². The lowest BCUT2D eigenvalue weighted by molar-refractivity contribution is -0.131. The molecule has 0 saturated carbocycles. The van der Waals surface area contributed by atoms with Crippen LogP contribution >= 0.6 is 0 Å². The second-order valence-electron chi connectivity index (χ2n) is 2.87. The monoisotopic (exact) mass is 192 g/mol. The van der Waals surface area contributed by atoms with Crippen LogP contribution in [0.3, 0.4) is 0 Å². The Kier molecular flexibility index (Phi) is 1.89. The summed E-state index contributed by atoms with van der Waals surface area (Å²) in [6.45, 7) is 1.32. The van der Waals surface area contributed by atoms with Gasteiger partial charge in [0.05, 0.1) is 5.39 Å². The molecule has 4 heteroatoms. The number of aromatic hydroxyl groups is 1. The summed E-state index contributed by atoms with van der Waals surface area (Å²) in [5.74, 6) is 0.0915. The molecule has 14 heavy (non-hydrogen) atoms. The largest absolute Gasteiger partial charge is 0.504 e. The van der Waals surface area contributed by atoms with Crippen LogP contribution in [0, 0.1) is 0 Å². The van der Waals surface area contributed by atoms with Crippen LogP contribution in [0.15, 0.2) is 28.9 Å². The van der Waals surface area contributed by atoms with Gasteiger partial charge in [-0.3, -0.25) is 4.79 Å². The van der Waals surface area contributed by atoms with Crippen LogP contribution in [0.2, 0.25) is 0 Å². The highest BCUT2D eigenvalue weighted by atomic mass is 16.5. The van der Waals surface area contributed by atoms with E-state index in [2.05, 4.69) is 0 Å². The Morgan fingerprint density at radius 3 is 3.00 bits per heavy atom. The van der Waals surface area contributed by atoms with Crippen LogP contribution in [0.5, 0.6) is 11.5 Å². The lowest BCUT2D eigenvalue weighted by atomic mass is 10.2. The molecular weight excluding hydrogens is 184 g/mol. The average molecular weight is 192 g/mol. The fraction of sp³-hybridized carbons (Fsp3) is 0.100. The van der Waals surface area contributed by atoms with Crippen LogP contribution in [0.25, 0.3) is 11.0 Å². The van der Waals surface area contributed by atoms with E-state index in [0.29, 0.717) is 16.7 Å². The van der Waals surface area contributed by atoms with Gasteiger partial charge in [-0.25, -0.2) is 0 Å². The molecule has 1 heterocycles. The summed E-state index contributed by atoms with van der Waals surface area (Å²) in [4.78, 5) is 10.7. The Labute approximate surface area is 79.7 Å². The van der Waals surface area contributed by atoms with Gasteiger partial charge < -0.3 is 14.3 Å². The van der Waals surface area contributed by atoms with Gasteiger partial charge in [-0.1, -0.05) is 0 Å². The molecule has 0 aliphatic carbocycles. The lowest BCUT2D eigenvalue weighted by Gasteiger charge is -1.99. The molecule has 2 aromatic rings. The van der Waals surface area contributed by atoms with Crippen molar-refractivity contribution < 1.29 is 19.1 Å². The lowest BCUT2D eigenvalue weighted by Crippen LogP contribution is -2.00. The quantitative estimate of drug-likeness (QED) is 0.555. The maximum Gasteiger partial charge on any atom is 0.308 e. The van der Waals surface area contributed by atoms with Gasteiger partial charge >= 0.3 is 5.97 Å². The van der Waals surface area contributed by atoms with Crippen LogP contribution in [0.1, 0.15) is 6.92 Å². The molecule has 1 aromatic heterocycles. The summed E-state index contributed by atoms with van der Waals surface area (Å²) in [5, 5.41) is 9.88. The summed E-state index contributed by atoms with van der Waals surface area (Å²) in [5.41, 5.74) is 0.487. The molecule has 0 saturated heterocycles. The molecule has 0 amide bonds. The summed E-state index contributed by atoms with van der Waals surface area (Å²) in [6.07, 6.45) is 1.24. The minimum Gasteiger partial charge on any atom is -0.504 e. The van der Waals surface area contributed by atoms with E-state index in [9.17, 15) is 9.90 Å². The molecular formula is C10H8O4. The Bertz CT molecular complexity index is 484. The molecule has 0 radical (unpaired) electrons. The number of carbonyl (C=O) groups excluding carboxylic acids is 1. The first-order valence-corrected chi connectivity index (χ1v) is 4.05. The third kappa shape index (κ3) is 1.42. The van der Waals surface area contributed by atoms with Crippen LogP contribution in [-0.4, -0.2) is 11.1 Å². The van der Waals surface area contributed by atoms with Gasteiger partial charge in [-0.05, 0) is 12.1 Å². The second kappa shape index (κ2) is 3.06. The van der Waals surface area contributed by atoms with Crippen molar-refractivity contribution in [3.05, 3.63) is 24.5 Å². The highest BCUT2D eigenvalue weighted by molar-refractivity contribution is 5.85. The number of carbonyl (C=O) groups is 1. The van der Waals surface area contributed by atoms with E-state index < -0.39 is 0 Å². The van der Waals surface area contributed by atoms with Crippen molar-refractivity contribution in [1.29, 1.82) is 0 Å². The van der Waals surface area contributed by atoms with Gasteiger partial charge in [-0.15, -0.1) is 0 Å². The van der Waals surface area contributed by atoms with E-state index in [4.69, 9.17) is 9.15 Å². The third-order valence-electron chi connectivity index (χ3n) is 1.79. The first kappa shape index (κ1) is 8.62. The van der Waals surface area contributed by atoms with E-state index in [1.54, 1.807) is 18.2 Å². The molecule has 0 aliphatic rings. The predicted octanol–water partition coefficient (Wildman–Crippen LogP) is 2.06. The Morgan fingerprint density at radius 2 is 2.29 bits per heavy atom. The van der Waals surface area contributed by atoms with E-state index >= 15 is 0 Å². The van der Waals surface area contributed by atoms with Crippen molar-refractivity contribution in [1.82, 2.24) is 0 Å². The fourth-order valence-electron chi connectivity index (χ4n) is 1.22. The van der Waals surface area contributed by atoms with Crippen LogP contribution in [0.4, 0.5) is 0 Å². The fourth-order valence-corrected chi connectivity index (χ4v) is 1.22. The first-order valence-electron chi connectivity index (χ1n) is 4.05. The number of esters is 1. The molecule has 2 rings (SSSR count). The zero-order valence-electron chi connectivity index (χ0n) is 7.48. The number of rotatable bonds is 1. The second-order valence-corrected chi connectivity index (χ2v) is 2.87. The molecule has 1 N–H and O–H groups in total. The molecule has 0 fully saturated rings. The highest BCUT2D eigenvalue weighted by Crippen LogP contribution is 2.29. The minimum absolute atomic E-state index is 0.0781. The van der Waals surface area contributed by atoms with Crippen molar-refractivity contribution in [2.75, 3.05) is 0 Å². The summed E-state index contributed by atoms with van der Waals surface area (Å²) < 4.78 is 9.88. The van der Waals surface area contributed by atoms with Crippen molar-refractivity contribution in [2.45, 2.75) is 6.92 Å². The minimum atomic E-state index is -0.389. The summed E-state index contributed by atoms with van der Waals surface area (Å²) in [6, 6.07) is 4.78. The number of furan rings is 1. The van der Waals surface area contributed by atoms with Gasteiger partial charge in [0.15, 0.2) is 5.75 Å². The Hall–Kier alpha value is -1.97. The highest BCUT2D eigenvalue weighted by Gasteiger charge is 2.06. The SMILES string of the molecule is CC(=O)Oc1ccc2c(O)coc2c1. The zero-order chi connectivity index (χ0) is 10.1. The van der Waals surface area contributed by atoms with E-state index in [-0.39, 0.29) is 11.7 Å². The Morgan fingerprint density at radius 1 is 1.50 bits per heavy atom. The molecule has 72 valence electrons. The van der Waals surface area contributed by atoms with Gasteiger partial charge in [0.1, 0.15) is 17.6 Å². The van der Waals surface area contributed by atoms with Crippen LogP contribution < -0.4 is 4.74 Å². The number of ether oxygens (including phenoxy) is 1. The predicted molar refractivity (Wildman–Crippen MR) is 49.2 cm³/mol. The molecule has 0 atom stereocenters. The van der Waals surface area contributed by atoms with E-state index in [0.717, 1.165) is 0 Å². The summed E-state index contributed by atoms with van der Waals surface area (Å²) in [7, 11) is 0. The average Bonchev–Trinajstić information content (AvgIpc) is 2.46. The molecule has 4 nitrogen and oxygen atoms in total. The summed E-state index contributed by atoms with van der Waals surface area (Å²) >= 11 is 0. The molecule has 0 spiro atoms. The van der Waals surface area contributed by atoms with Crippen molar-refractivity contribution in [3.8, 4) is 11.5 Å². The number of fused-ring (bicyclic) bond motifs is 1. The van der Waals surface area contributed by atoms with Crippen molar-refractivity contribution >= 4 is 16.9 Å². The molecule has 0 bridgehead atoms. The maximum absolute atomic E-state index is 10.7. The number of hydrogen-bond acceptors (Lipinski definition) is 4. The van der Waals surface area contributed by atoms with Gasteiger partial charge in [0, 0.05) is 13.0 Å². The van der Waals surface area contributed by atoms with E-state index in [1.807, 2.05) is 0 Å². The maximum atomic E-state index is 10.7. The third-order valence-corrected chi connectivity index (χ3v) is 1.79. The van der Waals surface area contributed by atoms with Crippen molar-refractivity contribution in [2.24, 2.45) is 0 Å². The topological polar surface area (TPSA) is 59.7 Å². The van der Waals surface area contributed by atoms with Gasteiger partial charge in [0.2, 0.25) is 0 Å². The number of hydrogen-bond donors (Lipinski definition) is 1. The normalized spacial score (nSPS) is 10.4.